The highest BCUT2D eigenvalue weighted by atomic mass is 16.8. The molecule has 5 nitrogen and oxygen atoms in total. The molecule has 0 unspecified atom stereocenters. The number of fused-ring (bicyclic) bond motifs is 1. The second-order valence-electron chi connectivity index (χ2n) is 7.69. The first-order valence-corrected chi connectivity index (χ1v) is 8.68. The molecule has 0 aromatic heterocycles. The van der Waals surface area contributed by atoms with Crippen molar-refractivity contribution in [2.75, 3.05) is 6.54 Å². The first-order chi connectivity index (χ1) is 11.1. The van der Waals surface area contributed by atoms with Crippen molar-refractivity contribution in [3.05, 3.63) is 11.8 Å². The number of ether oxygens (including phenoxy) is 3. The molecule has 0 saturated carbocycles. The maximum Gasteiger partial charge on any atom is 0.415 e. The van der Waals surface area contributed by atoms with Crippen LogP contribution in [0.3, 0.4) is 0 Å². The molecule has 2 rings (SSSR count). The van der Waals surface area contributed by atoms with E-state index in [0.717, 1.165) is 19.3 Å². The van der Waals surface area contributed by atoms with Gasteiger partial charge in [-0.25, -0.2) is 4.79 Å². The number of carbonyl (C=O) groups excluding carboxylic acids is 1. The predicted octanol–water partition coefficient (Wildman–Crippen LogP) is 3.83. The molecule has 0 aromatic rings. The van der Waals surface area contributed by atoms with E-state index >= 15 is 0 Å². The van der Waals surface area contributed by atoms with Gasteiger partial charge in [0.05, 0.1) is 12.2 Å². The number of allylic oxidation sites excluding steroid dienone is 1. The van der Waals surface area contributed by atoms with Crippen LogP contribution in [0.5, 0.6) is 0 Å². The average Bonchev–Trinajstić information content (AvgIpc) is 2.73. The van der Waals surface area contributed by atoms with Crippen molar-refractivity contribution >= 4 is 6.09 Å². The summed E-state index contributed by atoms with van der Waals surface area (Å²) < 4.78 is 17.3. The predicted molar refractivity (Wildman–Crippen MR) is 92.1 cm³/mol. The van der Waals surface area contributed by atoms with Gasteiger partial charge < -0.3 is 14.2 Å². The zero-order valence-corrected chi connectivity index (χ0v) is 15.6. The van der Waals surface area contributed by atoms with Gasteiger partial charge in [0.15, 0.2) is 5.79 Å². The van der Waals surface area contributed by atoms with E-state index in [1.165, 1.54) is 0 Å². The van der Waals surface area contributed by atoms with Crippen molar-refractivity contribution in [2.24, 2.45) is 0 Å². The SMILES string of the molecule is CCCCC#CC1=C[C@@H]2OC(C)(C)O[C@@H]2CN1C(=O)OC(C)(C)C. The van der Waals surface area contributed by atoms with Gasteiger partial charge in [-0.1, -0.05) is 19.3 Å². The fourth-order valence-corrected chi connectivity index (χ4v) is 2.69. The third-order valence-corrected chi connectivity index (χ3v) is 3.68. The summed E-state index contributed by atoms with van der Waals surface area (Å²) >= 11 is 0. The van der Waals surface area contributed by atoms with Crippen LogP contribution >= 0.6 is 0 Å². The molecule has 2 aliphatic rings. The first-order valence-electron chi connectivity index (χ1n) is 8.68. The van der Waals surface area contributed by atoms with E-state index in [4.69, 9.17) is 14.2 Å². The molecule has 1 saturated heterocycles. The topological polar surface area (TPSA) is 48.0 Å². The number of unbranched alkanes of at least 4 members (excludes halogenated alkanes) is 2. The normalized spacial score (nSPS) is 25.4. The zero-order chi connectivity index (χ0) is 18.0. The van der Waals surface area contributed by atoms with Crippen molar-refractivity contribution in [3.8, 4) is 11.8 Å². The highest BCUT2D eigenvalue weighted by Crippen LogP contribution is 2.34. The second-order valence-corrected chi connectivity index (χ2v) is 7.69. The van der Waals surface area contributed by atoms with Crippen molar-refractivity contribution in [1.82, 2.24) is 4.90 Å². The highest BCUT2D eigenvalue weighted by molar-refractivity contribution is 5.72. The molecule has 5 heteroatoms. The Kier molecular flexibility index (Phi) is 5.62. The lowest BCUT2D eigenvalue weighted by molar-refractivity contribution is -0.143. The van der Waals surface area contributed by atoms with Crippen molar-refractivity contribution in [2.45, 2.75) is 84.4 Å². The third kappa shape index (κ3) is 4.99. The Morgan fingerprint density at radius 3 is 2.75 bits per heavy atom. The minimum absolute atomic E-state index is 0.186. The summed E-state index contributed by atoms with van der Waals surface area (Å²) in [6.07, 6.45) is 4.05. The van der Waals surface area contributed by atoms with Crippen LogP contribution in [-0.4, -0.2) is 41.1 Å². The van der Waals surface area contributed by atoms with E-state index in [1.807, 2.05) is 40.7 Å². The molecule has 0 aliphatic carbocycles. The van der Waals surface area contributed by atoms with E-state index in [9.17, 15) is 4.79 Å². The Bertz CT molecular complexity index is 562. The van der Waals surface area contributed by atoms with Crippen LogP contribution in [0.4, 0.5) is 4.79 Å². The highest BCUT2D eigenvalue weighted by Gasteiger charge is 2.45. The summed E-state index contributed by atoms with van der Waals surface area (Å²) in [6.45, 7) is 11.8. The van der Waals surface area contributed by atoms with E-state index in [-0.39, 0.29) is 12.2 Å². The van der Waals surface area contributed by atoms with E-state index in [2.05, 4.69) is 18.8 Å². The third-order valence-electron chi connectivity index (χ3n) is 3.68. The Labute approximate surface area is 145 Å². The molecule has 0 aromatic carbocycles. The Morgan fingerprint density at radius 1 is 1.42 bits per heavy atom. The first kappa shape index (κ1) is 18.8. The fourth-order valence-electron chi connectivity index (χ4n) is 2.69. The van der Waals surface area contributed by atoms with Crippen LogP contribution in [0.2, 0.25) is 0 Å². The molecular formula is C19H29NO4. The molecule has 0 N–H and O–H groups in total. The summed E-state index contributed by atoms with van der Waals surface area (Å²) in [4.78, 5) is 14.1. The molecule has 1 amide bonds. The minimum atomic E-state index is -0.656. The number of rotatable bonds is 2. The lowest BCUT2D eigenvalue weighted by Gasteiger charge is -2.32. The molecule has 0 bridgehead atoms. The summed E-state index contributed by atoms with van der Waals surface area (Å²) in [6, 6.07) is 0. The maximum absolute atomic E-state index is 12.6. The van der Waals surface area contributed by atoms with Gasteiger partial charge in [-0.3, -0.25) is 4.90 Å². The molecule has 2 atom stereocenters. The van der Waals surface area contributed by atoms with Gasteiger partial charge in [-0.2, -0.15) is 0 Å². The summed E-state index contributed by atoms with van der Waals surface area (Å²) in [7, 11) is 0. The molecule has 134 valence electrons. The molecule has 24 heavy (non-hydrogen) atoms. The lowest BCUT2D eigenvalue weighted by atomic mass is 10.1. The van der Waals surface area contributed by atoms with Gasteiger partial charge in [-0.05, 0) is 53.0 Å². The van der Waals surface area contributed by atoms with Crippen LogP contribution < -0.4 is 0 Å². The second kappa shape index (κ2) is 7.16. The summed E-state index contributed by atoms with van der Waals surface area (Å²) in [5.74, 6) is 5.60. The van der Waals surface area contributed by atoms with Crippen molar-refractivity contribution < 1.29 is 19.0 Å². The lowest BCUT2D eigenvalue weighted by Crippen LogP contribution is -2.46. The smallest absolute Gasteiger partial charge is 0.415 e. The maximum atomic E-state index is 12.6. The number of amides is 1. The zero-order valence-electron chi connectivity index (χ0n) is 15.6. The van der Waals surface area contributed by atoms with E-state index in [0.29, 0.717) is 12.2 Å². The van der Waals surface area contributed by atoms with Crippen molar-refractivity contribution in [1.29, 1.82) is 0 Å². The van der Waals surface area contributed by atoms with Gasteiger partial charge in [0.25, 0.3) is 0 Å². The van der Waals surface area contributed by atoms with Gasteiger partial charge in [0.2, 0.25) is 0 Å². The fraction of sp³-hybridized carbons (Fsp3) is 0.737. The van der Waals surface area contributed by atoms with Crippen LogP contribution in [0.25, 0.3) is 0 Å². The number of hydrogen-bond donors (Lipinski definition) is 0. The Morgan fingerprint density at radius 2 is 2.12 bits per heavy atom. The molecule has 0 spiro atoms. The molecule has 1 fully saturated rings. The van der Waals surface area contributed by atoms with Gasteiger partial charge >= 0.3 is 6.09 Å². The van der Waals surface area contributed by atoms with E-state index in [1.54, 1.807) is 4.90 Å². The van der Waals surface area contributed by atoms with E-state index < -0.39 is 17.5 Å². The molecule has 2 heterocycles. The van der Waals surface area contributed by atoms with Gasteiger partial charge in [0, 0.05) is 6.42 Å². The van der Waals surface area contributed by atoms with Crippen LogP contribution in [-0.2, 0) is 14.2 Å². The quantitative estimate of drug-likeness (QED) is 0.568. The molecular weight excluding hydrogens is 306 g/mol. The Balaban J connectivity index is 2.21. The van der Waals surface area contributed by atoms with Crippen LogP contribution in [0.1, 0.15) is 60.8 Å². The molecule has 0 radical (unpaired) electrons. The largest absolute Gasteiger partial charge is 0.443 e. The summed E-state index contributed by atoms with van der Waals surface area (Å²) in [5.41, 5.74) is 0.0870. The number of nitrogens with zero attached hydrogens (tertiary/aromatic N) is 1. The van der Waals surface area contributed by atoms with Crippen LogP contribution in [0, 0.1) is 11.8 Å². The molecule has 2 aliphatic heterocycles. The monoisotopic (exact) mass is 335 g/mol. The summed E-state index contributed by atoms with van der Waals surface area (Å²) in [5, 5.41) is 0. The Hall–Kier alpha value is -1.51. The van der Waals surface area contributed by atoms with Crippen molar-refractivity contribution in [3.63, 3.8) is 0 Å². The van der Waals surface area contributed by atoms with Gasteiger partial charge in [-0.15, -0.1) is 0 Å². The van der Waals surface area contributed by atoms with Gasteiger partial charge in [0.1, 0.15) is 17.8 Å². The van der Waals surface area contributed by atoms with Crippen LogP contribution in [0.15, 0.2) is 11.8 Å². The number of hydrogen-bond acceptors (Lipinski definition) is 4. The number of carbonyl (C=O) groups is 1. The average molecular weight is 335 g/mol. The minimum Gasteiger partial charge on any atom is -0.443 e. The standard InChI is InChI=1S/C19H29NO4/c1-7-8-9-10-11-14-12-15-16(23-19(5,6)22-15)13-20(14)17(21)24-18(2,3)4/h12,15-16H,7-9,13H2,1-6H3/t15-,16+/m0/s1.